The van der Waals surface area contributed by atoms with Crippen LogP contribution >= 0.6 is 0 Å². The van der Waals surface area contributed by atoms with Crippen molar-refractivity contribution in [3.8, 4) is 11.5 Å². The summed E-state index contributed by atoms with van der Waals surface area (Å²) >= 11 is 0. The van der Waals surface area contributed by atoms with Gasteiger partial charge in [0.2, 0.25) is 0 Å². The summed E-state index contributed by atoms with van der Waals surface area (Å²) in [5.74, 6) is 0.117. The normalized spacial score (nSPS) is 9.78. The number of pyridine rings is 2. The van der Waals surface area contributed by atoms with Gasteiger partial charge in [-0.2, -0.15) is 0 Å². The number of benzene rings is 2. The molecule has 2 aromatic carbocycles. The number of phenols is 2. The number of rotatable bonds is 2. The number of aromatic nitrogens is 2. The predicted octanol–water partition coefficient (Wildman–Crippen LogP) is 4.67. The summed E-state index contributed by atoms with van der Waals surface area (Å²) in [6.07, 6.45) is 3.10. The van der Waals surface area contributed by atoms with Crippen molar-refractivity contribution >= 4 is 33.2 Å². The summed E-state index contributed by atoms with van der Waals surface area (Å²) in [5, 5.41) is 25.6. The molecule has 2 aromatic heterocycles. The van der Waals surface area contributed by atoms with Crippen molar-refractivity contribution in [2.75, 3.05) is 0 Å². The molecule has 1 radical (unpaired) electrons. The molecule has 0 aliphatic rings. The molecule has 0 amide bonds. The maximum atomic E-state index is 10.4. The summed E-state index contributed by atoms with van der Waals surface area (Å²) in [7, 11) is 0. The average molecular weight is 412 g/mol. The minimum absolute atomic E-state index is 0. The number of fused-ring (bicyclic) bond motifs is 2. The Labute approximate surface area is 163 Å². The Morgan fingerprint density at radius 1 is 0.667 bits per heavy atom. The number of nitroso groups, excluding NO2 is 2. The van der Waals surface area contributed by atoms with Gasteiger partial charge in [-0.05, 0) is 58.9 Å². The Morgan fingerprint density at radius 3 is 1.44 bits per heavy atom. The van der Waals surface area contributed by atoms with E-state index in [9.17, 15) is 20.0 Å². The zero-order chi connectivity index (χ0) is 18.5. The molecule has 9 heteroatoms. The zero-order valence-corrected chi connectivity index (χ0v) is 14.5. The Morgan fingerprint density at radius 2 is 1.07 bits per heavy atom. The molecule has 0 spiro atoms. The van der Waals surface area contributed by atoms with Crippen molar-refractivity contribution in [1.82, 2.24) is 9.97 Å². The van der Waals surface area contributed by atoms with E-state index in [1.54, 1.807) is 36.7 Å². The van der Waals surface area contributed by atoms with Crippen LogP contribution in [0.5, 0.6) is 11.5 Å². The molecule has 2 N–H and O–H groups in total. The van der Waals surface area contributed by atoms with Crippen LogP contribution in [-0.4, -0.2) is 20.2 Å². The smallest absolute Gasteiger partial charge is 0.506 e. The first-order chi connectivity index (χ1) is 12.7. The quantitative estimate of drug-likeness (QED) is 0.364. The number of nitrogens with zero attached hydrogens (tertiary/aromatic N) is 4. The van der Waals surface area contributed by atoms with Crippen molar-refractivity contribution < 1.29 is 27.3 Å². The van der Waals surface area contributed by atoms with E-state index in [2.05, 4.69) is 20.3 Å². The van der Waals surface area contributed by atoms with Crippen LogP contribution in [0.3, 0.4) is 0 Å². The topological polar surface area (TPSA) is 125 Å². The monoisotopic (exact) mass is 411 g/mol. The molecule has 0 fully saturated rings. The summed E-state index contributed by atoms with van der Waals surface area (Å²) in [4.78, 5) is 28.6. The summed E-state index contributed by atoms with van der Waals surface area (Å²) < 4.78 is 0. The fourth-order valence-corrected chi connectivity index (χ4v) is 2.44. The Bertz CT molecular complexity index is 1030. The van der Waals surface area contributed by atoms with Gasteiger partial charge >= 0.3 is 17.1 Å². The molecule has 137 valence electrons. The van der Waals surface area contributed by atoms with Gasteiger partial charge in [0, 0.05) is 23.2 Å². The van der Waals surface area contributed by atoms with Crippen LogP contribution < -0.4 is 0 Å². The first-order valence-corrected chi connectivity index (χ1v) is 7.46. The summed E-state index contributed by atoms with van der Waals surface area (Å²) in [6.45, 7) is 0. The molecular formula is C18H12CuN4O4+2. The van der Waals surface area contributed by atoms with E-state index < -0.39 is 0 Å². The van der Waals surface area contributed by atoms with E-state index in [-0.39, 0.29) is 28.6 Å². The van der Waals surface area contributed by atoms with Crippen molar-refractivity contribution in [2.24, 2.45) is 10.4 Å². The molecule has 0 atom stereocenters. The van der Waals surface area contributed by atoms with Crippen molar-refractivity contribution in [3.63, 3.8) is 0 Å². The predicted molar refractivity (Wildman–Crippen MR) is 97.7 cm³/mol. The van der Waals surface area contributed by atoms with Crippen molar-refractivity contribution in [2.45, 2.75) is 0 Å². The van der Waals surface area contributed by atoms with Crippen molar-refractivity contribution in [1.29, 1.82) is 0 Å². The van der Waals surface area contributed by atoms with Gasteiger partial charge in [0.1, 0.15) is 33.9 Å². The van der Waals surface area contributed by atoms with Gasteiger partial charge in [-0.15, -0.1) is 9.81 Å². The second kappa shape index (κ2) is 8.79. The molecule has 8 nitrogen and oxygen atoms in total. The van der Waals surface area contributed by atoms with E-state index in [4.69, 9.17) is 0 Å². The van der Waals surface area contributed by atoms with Gasteiger partial charge < -0.3 is 10.2 Å². The molecule has 0 unspecified atom stereocenters. The van der Waals surface area contributed by atoms with Crippen LogP contribution in [0, 0.1) is 9.81 Å². The van der Waals surface area contributed by atoms with Gasteiger partial charge in [0.05, 0.1) is 0 Å². The minimum atomic E-state index is 0. The Kier molecular flexibility index (Phi) is 6.48. The van der Waals surface area contributed by atoms with Crippen molar-refractivity contribution in [3.05, 3.63) is 70.7 Å². The molecule has 4 aromatic rings. The second-order valence-corrected chi connectivity index (χ2v) is 5.19. The van der Waals surface area contributed by atoms with E-state index in [0.29, 0.717) is 33.2 Å². The van der Waals surface area contributed by atoms with Crippen LogP contribution in [0.2, 0.25) is 0 Å². The number of aromatic hydroxyl groups is 2. The third kappa shape index (κ3) is 4.05. The Balaban J connectivity index is 0.000000187. The molecule has 0 saturated carbocycles. The first-order valence-electron chi connectivity index (χ1n) is 7.46. The van der Waals surface area contributed by atoms with E-state index in [1.807, 2.05) is 0 Å². The number of hydrogen-bond acceptors (Lipinski definition) is 8. The third-order valence-electron chi connectivity index (χ3n) is 3.65. The Hall–Kier alpha value is -3.42. The van der Waals surface area contributed by atoms with Gasteiger partial charge in [-0.25, -0.2) is 0 Å². The molecule has 0 bridgehead atoms. The fraction of sp³-hybridized carbons (Fsp3) is 0. The largest absolute Gasteiger partial charge is 2.00 e. The zero-order valence-electron chi connectivity index (χ0n) is 13.6. The van der Waals surface area contributed by atoms with Crippen LogP contribution in [0.1, 0.15) is 0 Å². The van der Waals surface area contributed by atoms with E-state index in [0.717, 1.165) is 0 Å². The molecule has 2 heterocycles. The maximum absolute atomic E-state index is 10.4. The van der Waals surface area contributed by atoms with Crippen LogP contribution in [0.25, 0.3) is 21.8 Å². The molecule has 0 aliphatic carbocycles. The van der Waals surface area contributed by atoms with Crippen LogP contribution in [0.4, 0.5) is 11.4 Å². The molecule has 4 rings (SSSR count). The minimum Gasteiger partial charge on any atom is -0.506 e. The number of hydrogen-bond donors (Lipinski definition) is 2. The van der Waals surface area contributed by atoms with Gasteiger partial charge in [0.15, 0.2) is 0 Å². The average Bonchev–Trinajstić information content (AvgIpc) is 2.70. The molecule has 27 heavy (non-hydrogen) atoms. The molecule has 0 aliphatic heterocycles. The number of phenolic OH excluding ortho intramolecular Hbond substituents is 2. The van der Waals surface area contributed by atoms with Gasteiger partial charge in [-0.1, -0.05) is 0 Å². The molecular weight excluding hydrogens is 400 g/mol. The summed E-state index contributed by atoms with van der Waals surface area (Å²) in [6, 6.07) is 12.5. The van der Waals surface area contributed by atoms with E-state index in [1.165, 1.54) is 24.3 Å². The van der Waals surface area contributed by atoms with Gasteiger partial charge in [0.25, 0.3) is 0 Å². The SMILES string of the molecule is O=Nc1ccc(O)c2ncccc12.O=Nc1ccc(O)c2ncccc12.[Cu+2]. The first kappa shape index (κ1) is 19.9. The van der Waals surface area contributed by atoms with E-state index >= 15 is 0 Å². The molecule has 0 saturated heterocycles. The summed E-state index contributed by atoms with van der Waals surface area (Å²) in [5.41, 5.74) is 1.39. The van der Waals surface area contributed by atoms with Crippen LogP contribution in [-0.2, 0) is 17.1 Å². The second-order valence-electron chi connectivity index (χ2n) is 5.19. The maximum Gasteiger partial charge on any atom is 2.00 e. The fourth-order valence-electron chi connectivity index (χ4n) is 2.44. The van der Waals surface area contributed by atoms with Crippen LogP contribution in [0.15, 0.2) is 71.3 Å². The van der Waals surface area contributed by atoms with Gasteiger partial charge in [-0.3, -0.25) is 9.97 Å². The standard InChI is InChI=1S/2C9H6N2O2.Cu/c2*12-8-4-3-7(11-13)6-2-1-5-10-9(6)8;/h2*1-5,12H;/q;;+2. The third-order valence-corrected chi connectivity index (χ3v) is 3.65.